The third kappa shape index (κ3) is 2.35. The van der Waals surface area contributed by atoms with E-state index in [9.17, 15) is 9.90 Å². The molecule has 0 atom stereocenters. The number of methoxy groups -OCH3 is 1. The van der Waals surface area contributed by atoms with Crippen LogP contribution in [0.25, 0.3) is 5.69 Å². The van der Waals surface area contributed by atoms with E-state index in [1.165, 1.54) is 7.11 Å². The van der Waals surface area contributed by atoms with Crippen LogP contribution >= 0.6 is 11.6 Å². The van der Waals surface area contributed by atoms with Crippen LogP contribution in [0.2, 0.25) is 5.02 Å². The van der Waals surface area contributed by atoms with Crippen LogP contribution in [0.3, 0.4) is 0 Å². The highest BCUT2D eigenvalue weighted by Gasteiger charge is 2.34. The Morgan fingerprint density at radius 3 is 2.76 bits per heavy atom. The molecule has 110 valence electrons. The lowest BCUT2D eigenvalue weighted by Gasteiger charge is -2.12. The van der Waals surface area contributed by atoms with E-state index in [0.717, 1.165) is 18.4 Å². The summed E-state index contributed by atoms with van der Waals surface area (Å²) >= 11 is 6.10. The molecule has 0 unspecified atom stereocenters. The number of carboxylic acid groups (broad SMARTS) is 1. The Hall–Kier alpha value is -2.08. The fourth-order valence-corrected chi connectivity index (χ4v) is 2.47. The second-order valence-corrected chi connectivity index (χ2v) is 5.49. The average Bonchev–Trinajstić information content (AvgIpc) is 3.19. The number of hydrogen-bond donors (Lipinski definition) is 1. The van der Waals surface area contributed by atoms with Crippen molar-refractivity contribution < 1.29 is 14.6 Å². The van der Waals surface area contributed by atoms with Crippen molar-refractivity contribution in [2.24, 2.45) is 0 Å². The van der Waals surface area contributed by atoms with Gasteiger partial charge in [-0.25, -0.2) is 9.48 Å². The summed E-state index contributed by atoms with van der Waals surface area (Å²) in [5, 5.41) is 17.7. The van der Waals surface area contributed by atoms with Crippen molar-refractivity contribution in [2.75, 3.05) is 7.11 Å². The Bertz CT molecular complexity index is 722. The van der Waals surface area contributed by atoms with Crippen LogP contribution in [0.4, 0.5) is 0 Å². The molecule has 6 nitrogen and oxygen atoms in total. The Morgan fingerprint density at radius 2 is 2.19 bits per heavy atom. The molecule has 21 heavy (non-hydrogen) atoms. The molecule has 1 aromatic carbocycles. The van der Waals surface area contributed by atoms with Gasteiger partial charge in [-0.3, -0.25) is 0 Å². The molecule has 2 aromatic rings. The van der Waals surface area contributed by atoms with Crippen molar-refractivity contribution in [1.82, 2.24) is 15.0 Å². The Balaban J connectivity index is 2.21. The second-order valence-electron chi connectivity index (χ2n) is 5.09. The Labute approximate surface area is 126 Å². The largest absolute Gasteiger partial charge is 0.494 e. The standard InChI is InChI=1S/C14H14ClN3O3/c1-7-5-10(11(21-2)6-9(7)15)18-13(8-3-4-8)12(14(19)20)16-17-18/h5-6,8H,3-4H2,1-2H3,(H,19,20). The highest BCUT2D eigenvalue weighted by atomic mass is 35.5. The first-order valence-electron chi connectivity index (χ1n) is 6.56. The van der Waals surface area contributed by atoms with Crippen molar-refractivity contribution in [3.05, 3.63) is 34.1 Å². The minimum atomic E-state index is -1.06. The summed E-state index contributed by atoms with van der Waals surface area (Å²) in [4.78, 5) is 11.3. The molecule has 7 heteroatoms. The molecule has 1 N–H and O–H groups in total. The molecule has 0 saturated heterocycles. The average molecular weight is 308 g/mol. The van der Waals surface area contributed by atoms with Gasteiger partial charge in [0.25, 0.3) is 0 Å². The molecule has 1 fully saturated rings. The molecule has 1 heterocycles. The van der Waals surface area contributed by atoms with Gasteiger partial charge < -0.3 is 9.84 Å². The summed E-state index contributed by atoms with van der Waals surface area (Å²) in [6.07, 6.45) is 1.89. The van der Waals surface area contributed by atoms with Crippen molar-refractivity contribution in [3.63, 3.8) is 0 Å². The van der Waals surface area contributed by atoms with Gasteiger partial charge in [-0.1, -0.05) is 16.8 Å². The molecule has 0 bridgehead atoms. The summed E-state index contributed by atoms with van der Waals surface area (Å²) in [5.74, 6) is -0.339. The Kier molecular flexibility index (Phi) is 3.33. The highest BCUT2D eigenvalue weighted by Crippen LogP contribution is 2.43. The highest BCUT2D eigenvalue weighted by molar-refractivity contribution is 6.31. The zero-order chi connectivity index (χ0) is 15.1. The van der Waals surface area contributed by atoms with Gasteiger partial charge in [0.2, 0.25) is 0 Å². The summed E-state index contributed by atoms with van der Waals surface area (Å²) in [6, 6.07) is 3.53. The predicted octanol–water partition coefficient (Wildman–Crippen LogP) is 2.81. The van der Waals surface area contributed by atoms with Gasteiger partial charge in [-0.15, -0.1) is 5.10 Å². The van der Waals surface area contributed by atoms with Crippen LogP contribution in [-0.2, 0) is 0 Å². The van der Waals surface area contributed by atoms with Gasteiger partial charge in [0, 0.05) is 17.0 Å². The number of nitrogens with zero attached hydrogens (tertiary/aromatic N) is 3. The number of carboxylic acids is 1. The van der Waals surface area contributed by atoms with Crippen LogP contribution in [0, 0.1) is 6.92 Å². The first kappa shape index (κ1) is 13.9. The maximum Gasteiger partial charge on any atom is 0.358 e. The molecular formula is C14H14ClN3O3. The molecule has 1 aromatic heterocycles. The monoisotopic (exact) mass is 307 g/mol. The van der Waals surface area contributed by atoms with E-state index in [1.54, 1.807) is 10.7 Å². The fourth-order valence-electron chi connectivity index (χ4n) is 2.32. The molecule has 3 rings (SSSR count). The molecule has 0 amide bonds. The molecular weight excluding hydrogens is 294 g/mol. The molecule has 1 aliphatic rings. The third-order valence-electron chi connectivity index (χ3n) is 3.56. The number of aromatic nitrogens is 3. The quantitative estimate of drug-likeness (QED) is 0.939. The molecule has 1 saturated carbocycles. The summed E-state index contributed by atoms with van der Waals surface area (Å²) < 4.78 is 6.90. The first-order chi connectivity index (χ1) is 10.0. The molecule has 1 aliphatic carbocycles. The van der Waals surface area contributed by atoms with Gasteiger partial charge >= 0.3 is 5.97 Å². The maximum atomic E-state index is 11.3. The zero-order valence-electron chi connectivity index (χ0n) is 11.6. The van der Waals surface area contributed by atoms with E-state index in [-0.39, 0.29) is 11.6 Å². The van der Waals surface area contributed by atoms with E-state index >= 15 is 0 Å². The second kappa shape index (κ2) is 5.04. The van der Waals surface area contributed by atoms with Crippen molar-refractivity contribution in [3.8, 4) is 11.4 Å². The normalized spacial score (nSPS) is 14.2. The summed E-state index contributed by atoms with van der Waals surface area (Å²) in [5.41, 5.74) is 2.15. The minimum Gasteiger partial charge on any atom is -0.494 e. The Morgan fingerprint density at radius 1 is 1.48 bits per heavy atom. The number of carbonyl (C=O) groups is 1. The van der Waals surface area contributed by atoms with Gasteiger partial charge in [0.15, 0.2) is 5.69 Å². The topological polar surface area (TPSA) is 77.2 Å². The van der Waals surface area contributed by atoms with Gasteiger partial charge in [-0.05, 0) is 31.4 Å². The lowest BCUT2D eigenvalue weighted by molar-refractivity contribution is 0.0689. The smallest absolute Gasteiger partial charge is 0.358 e. The van der Waals surface area contributed by atoms with Crippen LogP contribution in [0.5, 0.6) is 5.75 Å². The molecule has 0 spiro atoms. The van der Waals surface area contributed by atoms with Gasteiger partial charge in [-0.2, -0.15) is 0 Å². The number of hydrogen-bond acceptors (Lipinski definition) is 4. The van der Waals surface area contributed by atoms with Crippen molar-refractivity contribution in [2.45, 2.75) is 25.7 Å². The molecule has 0 aliphatic heterocycles. The number of rotatable bonds is 4. The zero-order valence-corrected chi connectivity index (χ0v) is 12.4. The van der Waals surface area contributed by atoms with E-state index in [0.29, 0.717) is 22.2 Å². The third-order valence-corrected chi connectivity index (χ3v) is 3.97. The van der Waals surface area contributed by atoms with Gasteiger partial charge in [0.1, 0.15) is 11.4 Å². The molecule has 0 radical (unpaired) electrons. The number of aryl methyl sites for hydroxylation is 1. The SMILES string of the molecule is COc1cc(Cl)c(C)cc1-n1nnc(C(=O)O)c1C1CC1. The van der Waals surface area contributed by atoms with Crippen LogP contribution in [0.1, 0.15) is 40.5 Å². The van der Waals surface area contributed by atoms with E-state index in [1.807, 2.05) is 13.0 Å². The van der Waals surface area contributed by atoms with Crippen LogP contribution in [-0.4, -0.2) is 33.2 Å². The number of ether oxygens (including phenoxy) is 1. The summed E-state index contributed by atoms with van der Waals surface area (Å²) in [6.45, 7) is 1.87. The predicted molar refractivity (Wildman–Crippen MR) is 76.6 cm³/mol. The number of halogens is 1. The first-order valence-corrected chi connectivity index (χ1v) is 6.94. The van der Waals surface area contributed by atoms with E-state index in [2.05, 4.69) is 10.3 Å². The number of benzene rings is 1. The van der Waals surface area contributed by atoms with Gasteiger partial charge in [0.05, 0.1) is 12.8 Å². The number of aromatic carboxylic acids is 1. The lowest BCUT2D eigenvalue weighted by atomic mass is 10.1. The summed E-state index contributed by atoms with van der Waals surface area (Å²) in [7, 11) is 1.54. The van der Waals surface area contributed by atoms with Crippen LogP contribution < -0.4 is 4.74 Å². The van der Waals surface area contributed by atoms with Crippen molar-refractivity contribution >= 4 is 17.6 Å². The maximum absolute atomic E-state index is 11.3. The van der Waals surface area contributed by atoms with Crippen LogP contribution in [0.15, 0.2) is 12.1 Å². The lowest BCUT2D eigenvalue weighted by Crippen LogP contribution is -2.07. The fraction of sp³-hybridized carbons (Fsp3) is 0.357. The minimum absolute atomic E-state index is 0.00663. The van der Waals surface area contributed by atoms with E-state index < -0.39 is 5.97 Å². The van der Waals surface area contributed by atoms with Crippen molar-refractivity contribution in [1.29, 1.82) is 0 Å². The van der Waals surface area contributed by atoms with E-state index in [4.69, 9.17) is 16.3 Å².